The first-order chi connectivity index (χ1) is 16.8. The number of ether oxygens (including phenoxy) is 1. The lowest BCUT2D eigenvalue weighted by molar-refractivity contribution is -0.136. The van der Waals surface area contributed by atoms with Crippen molar-refractivity contribution in [2.45, 2.75) is 67.7 Å². The van der Waals surface area contributed by atoms with Crippen molar-refractivity contribution in [3.63, 3.8) is 0 Å². The predicted octanol–water partition coefficient (Wildman–Crippen LogP) is 8.31. The SMILES string of the molecule is C/C=C(\C=C(/CC)NC)Nc1cc(COCC(C)C)ccc1C(F)(F)F.C=C(C)C(C=NC)=C(C)C. The van der Waals surface area contributed by atoms with Gasteiger partial charge in [0.15, 0.2) is 0 Å². The van der Waals surface area contributed by atoms with Gasteiger partial charge in [-0.3, -0.25) is 4.99 Å². The molecular formula is C29H44F3N3O. The van der Waals surface area contributed by atoms with Crippen molar-refractivity contribution < 1.29 is 17.9 Å². The summed E-state index contributed by atoms with van der Waals surface area (Å²) in [6.45, 7) is 18.6. The number of rotatable bonds is 11. The normalized spacial score (nSPS) is 12.4. The van der Waals surface area contributed by atoms with Gasteiger partial charge >= 0.3 is 6.18 Å². The number of anilines is 1. The van der Waals surface area contributed by atoms with Crippen molar-refractivity contribution in [1.82, 2.24) is 5.32 Å². The molecule has 202 valence electrons. The first kappa shape index (κ1) is 33.2. The van der Waals surface area contributed by atoms with E-state index in [0.29, 0.717) is 23.8 Å². The van der Waals surface area contributed by atoms with Gasteiger partial charge in [0.1, 0.15) is 0 Å². The lowest BCUT2D eigenvalue weighted by Crippen LogP contribution is -2.12. The van der Waals surface area contributed by atoms with Crippen LogP contribution in [0.2, 0.25) is 0 Å². The Morgan fingerprint density at radius 2 is 1.83 bits per heavy atom. The van der Waals surface area contributed by atoms with Crippen molar-refractivity contribution in [2.75, 3.05) is 26.0 Å². The van der Waals surface area contributed by atoms with Gasteiger partial charge in [-0.1, -0.05) is 45.1 Å². The van der Waals surface area contributed by atoms with Crippen molar-refractivity contribution in [3.05, 3.63) is 76.2 Å². The van der Waals surface area contributed by atoms with Crippen LogP contribution in [0.3, 0.4) is 0 Å². The molecule has 0 saturated heterocycles. The zero-order chi connectivity index (χ0) is 27.9. The second-order valence-corrected chi connectivity index (χ2v) is 9.01. The zero-order valence-corrected chi connectivity index (χ0v) is 23.4. The van der Waals surface area contributed by atoms with Crippen LogP contribution in [0.1, 0.15) is 66.0 Å². The molecule has 0 saturated carbocycles. The summed E-state index contributed by atoms with van der Waals surface area (Å²) in [7, 11) is 3.56. The number of hydrogen-bond donors (Lipinski definition) is 2. The average Bonchev–Trinajstić information content (AvgIpc) is 2.79. The summed E-state index contributed by atoms with van der Waals surface area (Å²) in [5, 5.41) is 5.95. The number of hydrogen-bond acceptors (Lipinski definition) is 4. The van der Waals surface area contributed by atoms with Gasteiger partial charge in [0, 0.05) is 38.3 Å². The van der Waals surface area contributed by atoms with Crippen LogP contribution in [-0.4, -0.2) is 26.9 Å². The fourth-order valence-corrected chi connectivity index (χ4v) is 3.13. The van der Waals surface area contributed by atoms with Crippen LogP contribution in [0.15, 0.2) is 70.0 Å². The Hall–Kier alpha value is -2.80. The molecular weight excluding hydrogens is 463 g/mol. The van der Waals surface area contributed by atoms with Crippen molar-refractivity contribution in [3.8, 4) is 0 Å². The largest absolute Gasteiger partial charge is 0.418 e. The molecule has 0 amide bonds. The van der Waals surface area contributed by atoms with E-state index in [-0.39, 0.29) is 12.3 Å². The Balaban J connectivity index is 0.00000103. The second kappa shape index (κ2) is 16.8. The summed E-state index contributed by atoms with van der Waals surface area (Å²) in [6, 6.07) is 4.07. The van der Waals surface area contributed by atoms with Crippen molar-refractivity contribution >= 4 is 11.9 Å². The monoisotopic (exact) mass is 507 g/mol. The molecule has 1 rings (SSSR count). The molecule has 0 heterocycles. The fraction of sp³-hybridized carbons (Fsp3) is 0.483. The number of alkyl halides is 3. The first-order valence-corrected chi connectivity index (χ1v) is 12.2. The number of halogens is 3. The average molecular weight is 508 g/mol. The van der Waals surface area contributed by atoms with Gasteiger partial charge in [-0.15, -0.1) is 0 Å². The smallest absolute Gasteiger partial charge is 0.391 e. The molecule has 0 fully saturated rings. The van der Waals surface area contributed by atoms with E-state index in [4.69, 9.17) is 4.74 Å². The summed E-state index contributed by atoms with van der Waals surface area (Å²) in [4.78, 5) is 3.93. The highest BCUT2D eigenvalue weighted by Gasteiger charge is 2.33. The molecule has 2 N–H and O–H groups in total. The van der Waals surface area contributed by atoms with Gasteiger partial charge in [0.05, 0.1) is 17.9 Å². The summed E-state index contributed by atoms with van der Waals surface area (Å²) in [6.07, 6.45) is 1.72. The maximum atomic E-state index is 13.4. The minimum Gasteiger partial charge on any atom is -0.391 e. The third kappa shape index (κ3) is 12.8. The number of nitrogens with zero attached hydrogens (tertiary/aromatic N) is 1. The van der Waals surface area contributed by atoms with E-state index in [1.165, 1.54) is 17.7 Å². The molecule has 0 spiro atoms. The molecule has 0 aliphatic rings. The van der Waals surface area contributed by atoms with E-state index in [1.807, 2.05) is 40.0 Å². The van der Waals surface area contributed by atoms with E-state index >= 15 is 0 Å². The van der Waals surface area contributed by atoms with Crippen LogP contribution >= 0.6 is 0 Å². The standard InChI is InChI=1S/C20H29F3N2O.C9H15N/c1-6-16(24-5)11-17(7-2)25-19-10-15(13-26-12-14(3)4)8-9-18(19)20(21,22)23;1-7(2)9(6-10-5)8(3)4/h7-11,14,24-25H,6,12-13H2,1-5H3;6H,1H2,2-5H3/b16-11+,17-7+;. The Bertz CT molecular complexity index is 945. The molecule has 1 aromatic carbocycles. The highest BCUT2D eigenvalue weighted by atomic mass is 19.4. The van der Waals surface area contributed by atoms with E-state index in [0.717, 1.165) is 29.3 Å². The first-order valence-electron chi connectivity index (χ1n) is 12.2. The highest BCUT2D eigenvalue weighted by Crippen LogP contribution is 2.36. The van der Waals surface area contributed by atoms with Crippen LogP contribution in [0.4, 0.5) is 18.9 Å². The Morgan fingerprint density at radius 1 is 1.19 bits per heavy atom. The molecule has 4 nitrogen and oxygen atoms in total. The predicted molar refractivity (Wildman–Crippen MR) is 148 cm³/mol. The molecule has 36 heavy (non-hydrogen) atoms. The van der Waals surface area contributed by atoms with E-state index < -0.39 is 11.7 Å². The van der Waals surface area contributed by atoms with Crippen LogP contribution in [0.25, 0.3) is 0 Å². The molecule has 0 aliphatic carbocycles. The lowest BCUT2D eigenvalue weighted by atomic mass is 10.1. The third-order valence-corrected chi connectivity index (χ3v) is 4.99. The van der Waals surface area contributed by atoms with Gasteiger partial charge in [0.25, 0.3) is 0 Å². The number of allylic oxidation sites excluding steroid dienone is 6. The fourth-order valence-electron chi connectivity index (χ4n) is 3.13. The third-order valence-electron chi connectivity index (χ3n) is 4.99. The summed E-state index contributed by atoms with van der Waals surface area (Å²) in [5.74, 6) is 0.371. The number of nitrogens with one attached hydrogen (secondary N) is 2. The second-order valence-electron chi connectivity index (χ2n) is 9.01. The lowest BCUT2D eigenvalue weighted by Gasteiger charge is -2.17. The van der Waals surface area contributed by atoms with Gasteiger partial charge < -0.3 is 15.4 Å². The Kier molecular flexibility index (Phi) is 15.5. The van der Waals surface area contributed by atoms with E-state index in [2.05, 4.69) is 36.1 Å². The maximum Gasteiger partial charge on any atom is 0.418 e. The minimum absolute atomic E-state index is 0.0269. The quantitative estimate of drug-likeness (QED) is 0.234. The number of benzene rings is 1. The van der Waals surface area contributed by atoms with Crippen LogP contribution in [0, 0.1) is 5.92 Å². The van der Waals surface area contributed by atoms with E-state index in [9.17, 15) is 13.2 Å². The number of aliphatic imine (C=N–C) groups is 1. The van der Waals surface area contributed by atoms with Gasteiger partial charge in [-0.2, -0.15) is 13.2 Å². The topological polar surface area (TPSA) is 45.6 Å². The van der Waals surface area contributed by atoms with Gasteiger partial charge in [0.2, 0.25) is 0 Å². The Labute approximate surface area is 216 Å². The molecule has 7 heteroatoms. The molecule has 0 radical (unpaired) electrons. The van der Waals surface area contributed by atoms with Gasteiger partial charge in [-0.25, -0.2) is 0 Å². The van der Waals surface area contributed by atoms with Crippen LogP contribution in [0.5, 0.6) is 0 Å². The molecule has 0 aromatic heterocycles. The summed E-state index contributed by atoms with van der Waals surface area (Å²) >= 11 is 0. The molecule has 0 unspecified atom stereocenters. The van der Waals surface area contributed by atoms with Crippen LogP contribution in [-0.2, 0) is 17.5 Å². The van der Waals surface area contributed by atoms with Crippen molar-refractivity contribution in [2.24, 2.45) is 10.9 Å². The maximum absolute atomic E-state index is 13.4. The molecule has 0 bridgehead atoms. The van der Waals surface area contributed by atoms with Crippen LogP contribution < -0.4 is 10.6 Å². The summed E-state index contributed by atoms with van der Waals surface area (Å²) < 4.78 is 45.7. The summed E-state index contributed by atoms with van der Waals surface area (Å²) in [5.41, 5.74) is 5.05. The van der Waals surface area contributed by atoms with E-state index in [1.54, 1.807) is 27.1 Å². The molecule has 1 aromatic rings. The Morgan fingerprint density at radius 3 is 2.22 bits per heavy atom. The highest BCUT2D eigenvalue weighted by molar-refractivity contribution is 5.84. The van der Waals surface area contributed by atoms with Gasteiger partial charge in [-0.05, 0) is 75.0 Å². The zero-order valence-electron chi connectivity index (χ0n) is 23.4. The van der Waals surface area contributed by atoms with Crippen molar-refractivity contribution in [1.29, 1.82) is 0 Å². The molecule has 0 aliphatic heterocycles. The molecule has 0 atom stereocenters. The minimum atomic E-state index is -4.43.